The molecule has 0 spiro atoms. The van der Waals surface area contributed by atoms with Gasteiger partial charge in [0.2, 0.25) is 5.75 Å². The molecule has 0 aliphatic heterocycles. The molecule has 8 aromatic rings. The molecule has 8 aromatic carbocycles. The predicted molar refractivity (Wildman–Crippen MR) is 258 cm³/mol. The lowest BCUT2D eigenvalue weighted by Crippen LogP contribution is -2.29. The van der Waals surface area contributed by atoms with Gasteiger partial charge in [0, 0.05) is 38.4 Å². The molecule has 7 heteroatoms. The molecule has 0 heterocycles. The third-order valence-corrected chi connectivity index (χ3v) is 15.9. The summed E-state index contributed by atoms with van der Waals surface area (Å²) < 4.78 is 33.0. The van der Waals surface area contributed by atoms with Gasteiger partial charge in [-0.2, -0.15) is 0 Å². The first-order chi connectivity index (χ1) is 30.1. The highest BCUT2D eigenvalue weighted by Gasteiger charge is 2.39. The van der Waals surface area contributed by atoms with Crippen molar-refractivity contribution in [3.63, 3.8) is 0 Å². The van der Waals surface area contributed by atoms with Crippen LogP contribution in [-0.2, 0) is 0 Å². The van der Waals surface area contributed by atoms with E-state index in [-0.39, 0.29) is 0 Å². The molecule has 0 amide bonds. The minimum atomic E-state index is -1.33. The molecule has 61 heavy (non-hydrogen) atoms. The van der Waals surface area contributed by atoms with Crippen molar-refractivity contribution in [2.45, 2.75) is 6.92 Å². The van der Waals surface area contributed by atoms with Crippen LogP contribution in [-0.4, -0.2) is 35.5 Å². The molecule has 0 radical (unpaired) electrons. The molecule has 0 unspecified atom stereocenters. The Hall–Kier alpha value is -6.38. The summed E-state index contributed by atoms with van der Waals surface area (Å²) in [5.41, 5.74) is 6.56. The van der Waals surface area contributed by atoms with Gasteiger partial charge in [0.1, 0.15) is 11.5 Å². The highest BCUT2D eigenvalue weighted by atomic mass is 31.1. The summed E-state index contributed by atoms with van der Waals surface area (Å²) in [4.78, 5) is 0. The number of ether oxygens (including phenoxy) is 5. The van der Waals surface area contributed by atoms with Crippen molar-refractivity contribution < 1.29 is 23.7 Å². The number of hydrogen-bond acceptors (Lipinski definition) is 5. The van der Waals surface area contributed by atoms with E-state index in [1.165, 1.54) is 21.2 Å². The van der Waals surface area contributed by atoms with Gasteiger partial charge in [-0.15, -0.1) is 0 Å². The Bertz CT molecular complexity index is 2640. The zero-order valence-corrected chi connectivity index (χ0v) is 37.0. The van der Waals surface area contributed by atoms with Gasteiger partial charge >= 0.3 is 0 Å². The molecule has 0 N–H and O–H groups in total. The van der Waals surface area contributed by atoms with Crippen LogP contribution in [0.4, 0.5) is 0 Å². The molecule has 304 valence electrons. The Morgan fingerprint density at radius 1 is 0.279 bits per heavy atom. The molecule has 0 saturated carbocycles. The normalized spacial score (nSPS) is 11.1. The van der Waals surface area contributed by atoms with Gasteiger partial charge in [-0.1, -0.05) is 182 Å². The SMILES string of the molecule is COc1c(OC)c(-c2ccccc2)c(P(c2ccccc2)c2ccccc2)c(-c2c(OC)c(C)c(OC)c(-c3ccccc3)c2P(c2ccccc2)c2ccccc2)c1OC. The summed E-state index contributed by atoms with van der Waals surface area (Å²) in [6.45, 7) is 2.09. The van der Waals surface area contributed by atoms with E-state index in [2.05, 4.69) is 183 Å². The quantitative estimate of drug-likeness (QED) is 0.102. The lowest BCUT2D eigenvalue weighted by molar-refractivity contribution is 0.326. The van der Waals surface area contributed by atoms with Crippen LogP contribution in [0.2, 0.25) is 0 Å². The van der Waals surface area contributed by atoms with Crippen molar-refractivity contribution >= 4 is 47.7 Å². The molecule has 0 atom stereocenters. The van der Waals surface area contributed by atoms with E-state index in [4.69, 9.17) is 23.7 Å². The summed E-state index contributed by atoms with van der Waals surface area (Å²) in [5, 5.41) is 6.80. The summed E-state index contributed by atoms with van der Waals surface area (Å²) >= 11 is 0. The minimum absolute atomic E-state index is 0.491. The maximum Gasteiger partial charge on any atom is 0.204 e. The first kappa shape index (κ1) is 41.4. The molecule has 0 bridgehead atoms. The first-order valence-corrected chi connectivity index (χ1v) is 22.8. The first-order valence-electron chi connectivity index (χ1n) is 20.1. The van der Waals surface area contributed by atoms with Crippen LogP contribution in [0.25, 0.3) is 33.4 Å². The molecule has 5 nitrogen and oxygen atoms in total. The summed E-state index contributed by atoms with van der Waals surface area (Å²) in [7, 11) is 5.97. The fourth-order valence-electron chi connectivity index (χ4n) is 8.35. The van der Waals surface area contributed by atoms with Gasteiger partial charge in [0.05, 0.1) is 35.5 Å². The summed E-state index contributed by atoms with van der Waals surface area (Å²) in [6.07, 6.45) is 0. The Kier molecular flexibility index (Phi) is 12.8. The van der Waals surface area contributed by atoms with Crippen molar-refractivity contribution in [2.75, 3.05) is 35.5 Å². The molecule has 0 aliphatic carbocycles. The molecule has 0 saturated heterocycles. The van der Waals surface area contributed by atoms with E-state index >= 15 is 0 Å². The van der Waals surface area contributed by atoms with Crippen molar-refractivity contribution in [2.24, 2.45) is 0 Å². The van der Waals surface area contributed by atoms with E-state index in [1.54, 1.807) is 35.5 Å². The van der Waals surface area contributed by atoms with E-state index in [0.29, 0.717) is 23.0 Å². The lowest BCUT2D eigenvalue weighted by atomic mass is 9.90. The Morgan fingerprint density at radius 2 is 0.525 bits per heavy atom. The summed E-state index contributed by atoms with van der Waals surface area (Å²) in [6, 6.07) is 64.2. The number of benzene rings is 8. The number of hydrogen-bond donors (Lipinski definition) is 0. The molecule has 8 rings (SSSR count). The van der Waals surface area contributed by atoms with E-state index in [0.717, 1.165) is 55.3 Å². The smallest absolute Gasteiger partial charge is 0.204 e. The Labute approximate surface area is 362 Å². The fourth-order valence-corrected chi connectivity index (χ4v) is 13.6. The third-order valence-electron chi connectivity index (χ3n) is 10.8. The Balaban J connectivity index is 1.72. The van der Waals surface area contributed by atoms with E-state index < -0.39 is 15.8 Å². The largest absolute Gasteiger partial charge is 0.496 e. The Morgan fingerprint density at radius 3 is 0.836 bits per heavy atom. The van der Waals surface area contributed by atoms with Crippen molar-refractivity contribution in [3.05, 3.63) is 188 Å². The van der Waals surface area contributed by atoms with Gasteiger partial charge < -0.3 is 23.7 Å². The van der Waals surface area contributed by atoms with Gasteiger partial charge in [-0.3, -0.25) is 0 Å². The second-order valence-electron chi connectivity index (χ2n) is 14.2. The molecular weight excluding hydrogens is 791 g/mol. The standard InChI is InChI=1S/C54H48O5P2/c1-37-48(55-2)44(38-25-13-7-14-26-38)53(60(40-29-17-9-18-30-40)41-31-19-10-20-32-41)46(49(37)56-3)47-51(58-5)52(59-6)50(57-4)45(39-27-15-8-16-28-39)54(47)61(42-33-21-11-22-34-42)43-35-23-12-24-36-43/h7-36H,1-6H3. The van der Waals surface area contributed by atoms with Crippen LogP contribution < -0.4 is 55.5 Å². The van der Waals surface area contributed by atoms with Gasteiger partial charge in [-0.05, 0) is 55.1 Å². The predicted octanol–water partition coefficient (Wildman–Crippen LogP) is 10.6. The van der Waals surface area contributed by atoms with Crippen LogP contribution >= 0.6 is 15.8 Å². The van der Waals surface area contributed by atoms with Crippen LogP contribution in [0.1, 0.15) is 5.56 Å². The topological polar surface area (TPSA) is 46.2 Å². The highest BCUT2D eigenvalue weighted by molar-refractivity contribution is 7.81. The van der Waals surface area contributed by atoms with E-state index in [9.17, 15) is 0 Å². The van der Waals surface area contributed by atoms with Gasteiger partial charge in [-0.25, -0.2) is 0 Å². The lowest BCUT2D eigenvalue weighted by Gasteiger charge is -2.34. The number of rotatable bonds is 14. The maximum absolute atomic E-state index is 6.76. The van der Waals surface area contributed by atoms with Gasteiger partial charge in [0.25, 0.3) is 0 Å². The van der Waals surface area contributed by atoms with Gasteiger partial charge in [0.15, 0.2) is 11.5 Å². The molecule has 0 aromatic heterocycles. The van der Waals surface area contributed by atoms with E-state index in [1.807, 2.05) is 6.07 Å². The summed E-state index contributed by atoms with van der Waals surface area (Å²) in [5.74, 6) is 3.07. The van der Waals surface area contributed by atoms with Crippen molar-refractivity contribution in [1.29, 1.82) is 0 Å². The van der Waals surface area contributed by atoms with Crippen molar-refractivity contribution in [1.82, 2.24) is 0 Å². The van der Waals surface area contributed by atoms with Crippen LogP contribution in [0, 0.1) is 6.92 Å². The zero-order chi connectivity index (χ0) is 42.3. The van der Waals surface area contributed by atoms with Crippen LogP contribution in [0.15, 0.2) is 182 Å². The number of methoxy groups -OCH3 is 5. The average molecular weight is 839 g/mol. The molecular formula is C54H48O5P2. The third kappa shape index (κ3) is 7.77. The highest BCUT2D eigenvalue weighted by Crippen LogP contribution is 2.58. The zero-order valence-electron chi connectivity index (χ0n) is 35.3. The van der Waals surface area contributed by atoms with Crippen LogP contribution in [0.5, 0.6) is 28.7 Å². The average Bonchev–Trinajstić information content (AvgIpc) is 3.33. The molecule has 0 fully saturated rings. The van der Waals surface area contributed by atoms with Crippen molar-refractivity contribution in [3.8, 4) is 62.1 Å². The second-order valence-corrected chi connectivity index (χ2v) is 18.5. The monoisotopic (exact) mass is 838 g/mol. The molecule has 0 aliphatic rings. The van der Waals surface area contributed by atoms with Crippen LogP contribution in [0.3, 0.4) is 0 Å². The maximum atomic E-state index is 6.76. The second kappa shape index (κ2) is 18.9. The fraction of sp³-hybridized carbons (Fsp3) is 0.111. The minimum Gasteiger partial charge on any atom is -0.496 e.